The van der Waals surface area contributed by atoms with Crippen molar-refractivity contribution in [2.75, 3.05) is 36.7 Å². The van der Waals surface area contributed by atoms with Crippen LogP contribution in [0.2, 0.25) is 0 Å². The monoisotopic (exact) mass is 439 g/mol. The number of fused-ring (bicyclic) bond motifs is 1. The second-order valence-electron chi connectivity index (χ2n) is 8.32. The fourth-order valence-electron chi connectivity index (χ4n) is 4.79. The largest absolute Gasteiger partial charge is 0.465 e. The number of esters is 1. The first kappa shape index (κ1) is 22.1. The summed E-state index contributed by atoms with van der Waals surface area (Å²) >= 11 is 0. The van der Waals surface area contributed by atoms with Gasteiger partial charge in [0.25, 0.3) is 5.69 Å². The maximum absolute atomic E-state index is 12.6. The van der Waals surface area contributed by atoms with Crippen LogP contribution >= 0.6 is 0 Å². The highest BCUT2D eigenvalue weighted by Gasteiger charge is 2.28. The zero-order valence-corrected chi connectivity index (χ0v) is 18.8. The van der Waals surface area contributed by atoms with Crippen LogP contribution in [-0.4, -0.2) is 43.8 Å². The molecule has 8 nitrogen and oxygen atoms in total. The van der Waals surface area contributed by atoms with E-state index in [0.29, 0.717) is 24.7 Å². The predicted molar refractivity (Wildman–Crippen MR) is 122 cm³/mol. The summed E-state index contributed by atoms with van der Waals surface area (Å²) in [7, 11) is 1.40. The first-order chi connectivity index (χ1) is 15.4. The molecule has 32 heavy (non-hydrogen) atoms. The number of benzene rings is 2. The van der Waals surface area contributed by atoms with Gasteiger partial charge in [-0.2, -0.15) is 0 Å². The minimum atomic E-state index is -0.366. The molecule has 0 atom stereocenters. The maximum Gasteiger partial charge on any atom is 0.338 e. The van der Waals surface area contributed by atoms with Crippen LogP contribution in [0.1, 0.15) is 46.8 Å². The number of ether oxygens (including phenoxy) is 2. The van der Waals surface area contributed by atoms with Gasteiger partial charge in [0.1, 0.15) is 0 Å². The molecule has 0 saturated carbocycles. The molecule has 4 rings (SSSR count). The molecule has 2 aliphatic rings. The van der Waals surface area contributed by atoms with E-state index in [-0.39, 0.29) is 16.6 Å². The molecule has 8 heteroatoms. The third-order valence-electron chi connectivity index (χ3n) is 6.54. The van der Waals surface area contributed by atoms with E-state index in [4.69, 9.17) is 9.47 Å². The van der Waals surface area contributed by atoms with Crippen molar-refractivity contribution >= 4 is 23.0 Å². The van der Waals surface area contributed by atoms with E-state index >= 15 is 0 Å². The summed E-state index contributed by atoms with van der Waals surface area (Å²) < 4.78 is 10.6. The van der Waals surface area contributed by atoms with Gasteiger partial charge in [0.05, 0.1) is 17.6 Å². The average Bonchev–Trinajstić information content (AvgIpc) is 3.24. The summed E-state index contributed by atoms with van der Waals surface area (Å²) in [6, 6.07) is 9.39. The number of nitro benzene ring substituents is 1. The Labute approximate surface area is 187 Å². The van der Waals surface area contributed by atoms with Gasteiger partial charge in [0, 0.05) is 62.4 Å². The Morgan fingerprint density at radius 1 is 1.22 bits per heavy atom. The number of carbonyl (C=O) groups is 1. The molecule has 0 spiro atoms. The van der Waals surface area contributed by atoms with Crippen LogP contribution in [0.4, 0.5) is 17.1 Å². The zero-order valence-electron chi connectivity index (χ0n) is 18.8. The van der Waals surface area contributed by atoms with Crippen LogP contribution in [0, 0.1) is 17.0 Å². The topological polar surface area (TPSA) is 85.2 Å². The molecule has 2 heterocycles. The maximum atomic E-state index is 12.6. The van der Waals surface area contributed by atoms with Gasteiger partial charge in [-0.15, -0.1) is 0 Å². The molecule has 2 aliphatic heterocycles. The van der Waals surface area contributed by atoms with Crippen molar-refractivity contribution in [3.8, 4) is 0 Å². The second-order valence-corrected chi connectivity index (χ2v) is 8.32. The standard InChI is InChI=1S/C24H29N3O5/c1-4-26(19-7-9-32-10-8-19)23-13-21(12-22(16(23)2)24(28)31-3)25-14-17-5-6-20(27(29)30)11-18(17)15-25/h5-6,11-13,19H,4,7-10,14-15H2,1-3H3. The Kier molecular flexibility index (Phi) is 6.32. The number of anilines is 2. The highest BCUT2D eigenvalue weighted by atomic mass is 16.6. The second kappa shape index (κ2) is 9.16. The highest BCUT2D eigenvalue weighted by molar-refractivity contribution is 5.94. The van der Waals surface area contributed by atoms with Crippen molar-refractivity contribution in [1.82, 2.24) is 0 Å². The first-order valence-electron chi connectivity index (χ1n) is 11.0. The van der Waals surface area contributed by atoms with Crippen LogP contribution in [0.15, 0.2) is 30.3 Å². The molecule has 0 aliphatic carbocycles. The fraction of sp³-hybridized carbons (Fsp3) is 0.458. The third-order valence-corrected chi connectivity index (χ3v) is 6.54. The number of rotatable bonds is 6. The average molecular weight is 440 g/mol. The van der Waals surface area contributed by atoms with Crippen LogP contribution < -0.4 is 9.80 Å². The number of carbonyl (C=O) groups excluding carboxylic acids is 1. The summed E-state index contributed by atoms with van der Waals surface area (Å²) in [5.74, 6) is -0.360. The van der Waals surface area contributed by atoms with Crippen LogP contribution in [0.25, 0.3) is 0 Å². The lowest BCUT2D eigenvalue weighted by molar-refractivity contribution is -0.384. The van der Waals surface area contributed by atoms with Crippen LogP contribution in [-0.2, 0) is 22.6 Å². The molecule has 2 aromatic rings. The lowest BCUT2D eigenvalue weighted by Gasteiger charge is -2.37. The number of hydrogen-bond acceptors (Lipinski definition) is 7. The van der Waals surface area contributed by atoms with Gasteiger partial charge in [-0.1, -0.05) is 6.07 Å². The molecule has 0 bridgehead atoms. The van der Waals surface area contributed by atoms with Crippen molar-refractivity contribution in [2.24, 2.45) is 0 Å². The molecular formula is C24H29N3O5. The number of hydrogen-bond donors (Lipinski definition) is 0. The van der Waals surface area contributed by atoms with E-state index in [1.807, 2.05) is 19.1 Å². The Morgan fingerprint density at radius 2 is 1.94 bits per heavy atom. The Hall–Kier alpha value is -3.13. The lowest BCUT2D eigenvalue weighted by atomic mass is 10.00. The number of non-ortho nitro benzene ring substituents is 1. The quantitative estimate of drug-likeness (QED) is 0.378. The van der Waals surface area contributed by atoms with Crippen molar-refractivity contribution < 1.29 is 19.2 Å². The summed E-state index contributed by atoms with van der Waals surface area (Å²) in [5.41, 5.74) is 5.50. The minimum absolute atomic E-state index is 0.0992. The highest BCUT2D eigenvalue weighted by Crippen LogP contribution is 2.37. The third kappa shape index (κ3) is 4.14. The summed E-state index contributed by atoms with van der Waals surface area (Å²) in [6.45, 7) is 7.60. The van der Waals surface area contributed by atoms with Crippen molar-refractivity contribution in [3.05, 3.63) is 62.7 Å². The van der Waals surface area contributed by atoms with Crippen LogP contribution in [0.5, 0.6) is 0 Å². The Balaban J connectivity index is 1.73. The molecule has 0 unspecified atom stereocenters. The van der Waals surface area contributed by atoms with Gasteiger partial charge in [-0.3, -0.25) is 10.1 Å². The van der Waals surface area contributed by atoms with E-state index < -0.39 is 0 Å². The van der Waals surface area contributed by atoms with E-state index in [9.17, 15) is 14.9 Å². The predicted octanol–water partition coefficient (Wildman–Crippen LogP) is 4.22. The summed E-state index contributed by atoms with van der Waals surface area (Å²) in [4.78, 5) is 27.9. The Morgan fingerprint density at radius 3 is 2.59 bits per heavy atom. The SMILES string of the molecule is CCN(c1cc(N2Cc3ccc([N+](=O)[O-])cc3C2)cc(C(=O)OC)c1C)C1CCOCC1. The van der Waals surface area contributed by atoms with Gasteiger partial charge in [0.2, 0.25) is 0 Å². The number of methoxy groups -OCH3 is 1. The number of nitro groups is 1. The fourth-order valence-corrected chi connectivity index (χ4v) is 4.79. The molecule has 0 aromatic heterocycles. The van der Waals surface area contributed by atoms with Gasteiger partial charge >= 0.3 is 5.97 Å². The molecule has 0 radical (unpaired) electrons. The Bertz CT molecular complexity index is 1030. The molecule has 0 amide bonds. The molecular weight excluding hydrogens is 410 g/mol. The van der Waals surface area contributed by atoms with E-state index in [2.05, 4.69) is 22.8 Å². The van der Waals surface area contributed by atoms with E-state index in [0.717, 1.165) is 60.7 Å². The smallest absolute Gasteiger partial charge is 0.338 e. The van der Waals surface area contributed by atoms with Gasteiger partial charge < -0.3 is 19.3 Å². The molecule has 1 fully saturated rings. The normalized spacial score (nSPS) is 16.0. The van der Waals surface area contributed by atoms with Gasteiger partial charge in [0.15, 0.2) is 0 Å². The van der Waals surface area contributed by atoms with E-state index in [1.165, 1.54) is 7.11 Å². The number of nitrogens with zero attached hydrogens (tertiary/aromatic N) is 3. The molecule has 170 valence electrons. The lowest BCUT2D eigenvalue weighted by Crippen LogP contribution is -2.40. The van der Waals surface area contributed by atoms with Crippen LogP contribution in [0.3, 0.4) is 0 Å². The van der Waals surface area contributed by atoms with Gasteiger partial charge in [-0.25, -0.2) is 4.79 Å². The summed E-state index contributed by atoms with van der Waals surface area (Å²) in [5, 5.41) is 11.2. The van der Waals surface area contributed by atoms with Crippen molar-refractivity contribution in [1.29, 1.82) is 0 Å². The minimum Gasteiger partial charge on any atom is -0.465 e. The van der Waals surface area contributed by atoms with E-state index in [1.54, 1.807) is 12.1 Å². The molecule has 0 N–H and O–H groups in total. The molecule has 2 aromatic carbocycles. The van der Waals surface area contributed by atoms with Crippen molar-refractivity contribution in [3.63, 3.8) is 0 Å². The zero-order chi connectivity index (χ0) is 22.8. The molecule has 1 saturated heterocycles. The first-order valence-corrected chi connectivity index (χ1v) is 11.0. The summed E-state index contributed by atoms with van der Waals surface area (Å²) in [6.07, 6.45) is 1.90. The van der Waals surface area contributed by atoms with Crippen molar-refractivity contribution in [2.45, 2.75) is 45.8 Å². The van der Waals surface area contributed by atoms with Gasteiger partial charge in [-0.05, 0) is 55.5 Å².